The number of amides is 1. The molecule has 0 saturated heterocycles. The standard InChI is InChI=1S/C16H19ClN2OS/c1-3-19(4-2)11-12-6-5-7-13(10-12)18-16(20)14-8-9-15(17)21-14/h5-10H,3-4,11H2,1-2H3,(H,18,20). The molecule has 0 aliphatic rings. The number of anilines is 1. The molecule has 0 unspecified atom stereocenters. The summed E-state index contributed by atoms with van der Waals surface area (Å²) in [4.78, 5) is 15.1. The van der Waals surface area contributed by atoms with Crippen LogP contribution in [0.1, 0.15) is 29.1 Å². The molecule has 21 heavy (non-hydrogen) atoms. The number of nitrogens with one attached hydrogen (secondary N) is 1. The zero-order valence-electron chi connectivity index (χ0n) is 12.2. The van der Waals surface area contributed by atoms with E-state index in [4.69, 9.17) is 11.6 Å². The topological polar surface area (TPSA) is 32.3 Å². The molecule has 1 aromatic heterocycles. The number of hydrogen-bond acceptors (Lipinski definition) is 3. The molecule has 1 aromatic carbocycles. The molecule has 2 rings (SSSR count). The highest BCUT2D eigenvalue weighted by Gasteiger charge is 2.09. The largest absolute Gasteiger partial charge is 0.321 e. The van der Waals surface area contributed by atoms with Crippen molar-refractivity contribution in [3.8, 4) is 0 Å². The van der Waals surface area contributed by atoms with E-state index in [2.05, 4.69) is 30.1 Å². The van der Waals surface area contributed by atoms with Gasteiger partial charge in [0.05, 0.1) is 9.21 Å². The van der Waals surface area contributed by atoms with Crippen molar-refractivity contribution >= 4 is 34.5 Å². The highest BCUT2D eigenvalue weighted by molar-refractivity contribution is 7.18. The summed E-state index contributed by atoms with van der Waals surface area (Å²) in [6.45, 7) is 7.22. The van der Waals surface area contributed by atoms with Gasteiger partial charge in [-0.2, -0.15) is 0 Å². The smallest absolute Gasteiger partial charge is 0.265 e. The molecule has 0 aliphatic carbocycles. The van der Waals surface area contributed by atoms with Gasteiger partial charge in [-0.3, -0.25) is 9.69 Å². The van der Waals surface area contributed by atoms with Gasteiger partial charge in [0.1, 0.15) is 0 Å². The quantitative estimate of drug-likeness (QED) is 0.849. The first kappa shape index (κ1) is 16.0. The third kappa shape index (κ3) is 4.56. The lowest BCUT2D eigenvalue weighted by Crippen LogP contribution is -2.22. The van der Waals surface area contributed by atoms with Gasteiger partial charge >= 0.3 is 0 Å². The first-order valence-corrected chi connectivity index (χ1v) is 8.19. The lowest BCUT2D eigenvalue weighted by molar-refractivity contribution is 0.103. The molecule has 0 aliphatic heterocycles. The number of halogens is 1. The van der Waals surface area contributed by atoms with Crippen LogP contribution < -0.4 is 5.32 Å². The first-order valence-electron chi connectivity index (χ1n) is 7.00. The third-order valence-electron chi connectivity index (χ3n) is 3.28. The Morgan fingerprint density at radius 3 is 2.62 bits per heavy atom. The third-order valence-corrected chi connectivity index (χ3v) is 4.51. The fourth-order valence-electron chi connectivity index (χ4n) is 2.08. The second-order valence-corrected chi connectivity index (χ2v) is 6.43. The summed E-state index contributed by atoms with van der Waals surface area (Å²) in [6, 6.07) is 11.4. The van der Waals surface area contributed by atoms with Crippen LogP contribution in [-0.4, -0.2) is 23.9 Å². The average molecular weight is 323 g/mol. The van der Waals surface area contributed by atoms with Gasteiger partial charge in [-0.1, -0.05) is 37.6 Å². The van der Waals surface area contributed by atoms with E-state index in [1.165, 1.54) is 16.9 Å². The van der Waals surface area contributed by atoms with Crippen LogP contribution >= 0.6 is 22.9 Å². The predicted octanol–water partition coefficient (Wildman–Crippen LogP) is 4.50. The lowest BCUT2D eigenvalue weighted by atomic mass is 10.2. The minimum absolute atomic E-state index is 0.119. The highest BCUT2D eigenvalue weighted by atomic mass is 35.5. The molecule has 0 spiro atoms. The molecule has 1 N–H and O–H groups in total. The molecule has 0 radical (unpaired) electrons. The number of carbonyl (C=O) groups is 1. The summed E-state index contributed by atoms with van der Waals surface area (Å²) in [5, 5.41) is 2.92. The monoisotopic (exact) mass is 322 g/mol. The Morgan fingerprint density at radius 1 is 1.24 bits per heavy atom. The van der Waals surface area contributed by atoms with Crippen molar-refractivity contribution in [2.45, 2.75) is 20.4 Å². The molecule has 0 bridgehead atoms. The Kier molecular flexibility index (Phi) is 5.79. The van der Waals surface area contributed by atoms with Crippen molar-refractivity contribution in [2.75, 3.05) is 18.4 Å². The SMILES string of the molecule is CCN(CC)Cc1cccc(NC(=O)c2ccc(Cl)s2)c1. The fraction of sp³-hybridized carbons (Fsp3) is 0.312. The molecule has 1 heterocycles. The summed E-state index contributed by atoms with van der Waals surface area (Å²) >= 11 is 7.14. The summed E-state index contributed by atoms with van der Waals surface area (Å²) in [5.74, 6) is -0.119. The summed E-state index contributed by atoms with van der Waals surface area (Å²) < 4.78 is 0.621. The Balaban J connectivity index is 2.05. The Labute approximate surface area is 134 Å². The van der Waals surface area contributed by atoms with Crippen molar-refractivity contribution in [3.63, 3.8) is 0 Å². The molecule has 1 amide bonds. The number of rotatable bonds is 6. The first-order chi connectivity index (χ1) is 10.1. The summed E-state index contributed by atoms with van der Waals surface area (Å²) in [7, 11) is 0. The molecule has 3 nitrogen and oxygen atoms in total. The van der Waals surface area contributed by atoms with Crippen LogP contribution in [0, 0.1) is 0 Å². The zero-order valence-corrected chi connectivity index (χ0v) is 13.8. The zero-order chi connectivity index (χ0) is 15.2. The van der Waals surface area contributed by atoms with Gasteiger partial charge < -0.3 is 5.32 Å². The van der Waals surface area contributed by atoms with Crippen molar-refractivity contribution in [1.29, 1.82) is 0 Å². The number of hydrogen-bond donors (Lipinski definition) is 1. The molecule has 2 aromatic rings. The van der Waals surface area contributed by atoms with E-state index in [-0.39, 0.29) is 5.91 Å². The summed E-state index contributed by atoms with van der Waals surface area (Å²) in [5.41, 5.74) is 2.01. The van der Waals surface area contributed by atoms with Gasteiger partial charge in [0.15, 0.2) is 0 Å². The molecular formula is C16H19ClN2OS. The molecule has 0 atom stereocenters. The van der Waals surface area contributed by atoms with E-state index < -0.39 is 0 Å². The Morgan fingerprint density at radius 2 is 2.00 bits per heavy atom. The number of nitrogens with zero attached hydrogens (tertiary/aromatic N) is 1. The average Bonchev–Trinajstić information content (AvgIpc) is 2.92. The molecular weight excluding hydrogens is 304 g/mol. The van der Waals surface area contributed by atoms with Gasteiger partial charge in [-0.15, -0.1) is 11.3 Å². The van der Waals surface area contributed by atoms with E-state index >= 15 is 0 Å². The van der Waals surface area contributed by atoms with Crippen LogP contribution in [0.25, 0.3) is 0 Å². The predicted molar refractivity (Wildman–Crippen MR) is 90.3 cm³/mol. The number of carbonyl (C=O) groups excluding carboxylic acids is 1. The van der Waals surface area contributed by atoms with Crippen molar-refractivity contribution in [3.05, 3.63) is 51.2 Å². The summed E-state index contributed by atoms with van der Waals surface area (Å²) in [6.07, 6.45) is 0. The second kappa shape index (κ2) is 7.59. The maximum Gasteiger partial charge on any atom is 0.265 e. The van der Waals surface area contributed by atoms with Gasteiger partial charge in [0.2, 0.25) is 0 Å². The van der Waals surface area contributed by atoms with Crippen LogP contribution in [0.15, 0.2) is 36.4 Å². The van der Waals surface area contributed by atoms with E-state index in [1.807, 2.05) is 18.2 Å². The Hall–Kier alpha value is -1.36. The molecule has 5 heteroatoms. The maximum absolute atomic E-state index is 12.1. The van der Waals surface area contributed by atoms with Gasteiger partial charge in [0, 0.05) is 12.2 Å². The number of thiophene rings is 1. The Bertz CT molecular complexity index is 608. The normalized spacial score (nSPS) is 10.9. The van der Waals surface area contributed by atoms with E-state index in [1.54, 1.807) is 12.1 Å². The molecule has 0 fully saturated rings. The van der Waals surface area contributed by atoms with Crippen LogP contribution in [0.4, 0.5) is 5.69 Å². The van der Waals surface area contributed by atoms with Gasteiger partial charge in [-0.25, -0.2) is 0 Å². The van der Waals surface area contributed by atoms with E-state index in [0.29, 0.717) is 9.21 Å². The van der Waals surface area contributed by atoms with Gasteiger partial charge in [-0.05, 0) is 42.9 Å². The van der Waals surface area contributed by atoms with Crippen LogP contribution in [0.3, 0.4) is 0 Å². The van der Waals surface area contributed by atoms with Crippen LogP contribution in [0.5, 0.6) is 0 Å². The number of benzene rings is 1. The molecule has 112 valence electrons. The van der Waals surface area contributed by atoms with E-state index in [0.717, 1.165) is 25.3 Å². The minimum atomic E-state index is -0.119. The fourth-order valence-corrected chi connectivity index (χ4v) is 3.02. The lowest BCUT2D eigenvalue weighted by Gasteiger charge is -2.18. The van der Waals surface area contributed by atoms with Crippen LogP contribution in [-0.2, 0) is 6.54 Å². The van der Waals surface area contributed by atoms with Crippen molar-refractivity contribution in [2.24, 2.45) is 0 Å². The minimum Gasteiger partial charge on any atom is -0.321 e. The van der Waals surface area contributed by atoms with E-state index in [9.17, 15) is 4.79 Å². The maximum atomic E-state index is 12.1. The van der Waals surface area contributed by atoms with Crippen molar-refractivity contribution < 1.29 is 4.79 Å². The van der Waals surface area contributed by atoms with Gasteiger partial charge in [0.25, 0.3) is 5.91 Å². The van der Waals surface area contributed by atoms with Crippen molar-refractivity contribution in [1.82, 2.24) is 4.90 Å². The highest BCUT2D eigenvalue weighted by Crippen LogP contribution is 2.22. The van der Waals surface area contributed by atoms with Crippen LogP contribution in [0.2, 0.25) is 4.34 Å². The molecule has 0 saturated carbocycles. The second-order valence-electron chi connectivity index (χ2n) is 4.72.